The van der Waals surface area contributed by atoms with Crippen molar-refractivity contribution in [2.24, 2.45) is 0 Å². The van der Waals surface area contributed by atoms with E-state index in [1.165, 1.54) is 19.2 Å². The van der Waals surface area contributed by atoms with Crippen molar-refractivity contribution < 1.29 is 19.0 Å². The van der Waals surface area contributed by atoms with E-state index in [4.69, 9.17) is 9.84 Å². The van der Waals surface area contributed by atoms with Gasteiger partial charge in [-0.3, -0.25) is 4.79 Å². The molecule has 0 radical (unpaired) electrons. The lowest BCUT2D eigenvalue weighted by Gasteiger charge is -2.07. The Balaban J connectivity index is 2.04. The van der Waals surface area contributed by atoms with Gasteiger partial charge in [0.2, 0.25) is 5.88 Å². The largest absolute Gasteiger partial charge is 0.508 e. The Labute approximate surface area is 115 Å². The summed E-state index contributed by atoms with van der Waals surface area (Å²) in [6.45, 7) is 0.220. The molecule has 0 bridgehead atoms. The number of phenols is 1. The molecule has 0 atom stereocenters. The van der Waals surface area contributed by atoms with Crippen LogP contribution in [0, 0.1) is 5.82 Å². The van der Waals surface area contributed by atoms with E-state index in [2.05, 4.69) is 10.3 Å². The molecule has 20 heavy (non-hydrogen) atoms. The van der Waals surface area contributed by atoms with E-state index in [0.29, 0.717) is 5.88 Å². The molecule has 1 amide bonds. The zero-order chi connectivity index (χ0) is 14.5. The normalized spacial score (nSPS) is 10.1. The third-order valence-electron chi connectivity index (χ3n) is 2.66. The van der Waals surface area contributed by atoms with Gasteiger partial charge in [0.05, 0.1) is 12.7 Å². The number of ether oxygens (including phenoxy) is 1. The van der Waals surface area contributed by atoms with Gasteiger partial charge in [-0.15, -0.1) is 0 Å². The second-order valence-electron chi connectivity index (χ2n) is 4.05. The summed E-state index contributed by atoms with van der Waals surface area (Å²) in [5, 5.41) is 11.7. The zero-order valence-corrected chi connectivity index (χ0v) is 10.8. The lowest BCUT2D eigenvalue weighted by molar-refractivity contribution is 0.0947. The molecule has 1 aromatic heterocycles. The highest BCUT2D eigenvalue weighted by molar-refractivity contribution is 5.94. The number of halogens is 1. The number of phenolic OH excluding ortho intramolecular Hbond substituents is 1. The minimum absolute atomic E-state index is 0.121. The summed E-state index contributed by atoms with van der Waals surface area (Å²) in [6, 6.07) is 6.77. The standard InChI is InChI=1S/C14H13FN2O3/c1-20-13-6-9(4-5-16-13)8-17-14(19)11-3-2-10(18)7-12(11)15/h2-7,18H,8H2,1H3,(H,17,19). The topological polar surface area (TPSA) is 71.5 Å². The van der Waals surface area contributed by atoms with Crippen LogP contribution in [0.3, 0.4) is 0 Å². The molecule has 0 aliphatic heterocycles. The van der Waals surface area contributed by atoms with Gasteiger partial charge in [0.25, 0.3) is 5.91 Å². The van der Waals surface area contributed by atoms with Gasteiger partial charge in [-0.2, -0.15) is 0 Å². The van der Waals surface area contributed by atoms with Crippen LogP contribution in [0.25, 0.3) is 0 Å². The maximum Gasteiger partial charge on any atom is 0.254 e. The first-order valence-electron chi connectivity index (χ1n) is 5.86. The average Bonchev–Trinajstić information content (AvgIpc) is 2.45. The highest BCUT2D eigenvalue weighted by atomic mass is 19.1. The molecule has 0 saturated carbocycles. The number of aromatic hydroxyl groups is 1. The quantitative estimate of drug-likeness (QED) is 0.894. The molecular weight excluding hydrogens is 263 g/mol. The van der Waals surface area contributed by atoms with Gasteiger partial charge in [-0.1, -0.05) is 0 Å². The number of carbonyl (C=O) groups excluding carboxylic acids is 1. The highest BCUT2D eigenvalue weighted by Gasteiger charge is 2.11. The van der Waals surface area contributed by atoms with E-state index >= 15 is 0 Å². The number of pyridine rings is 1. The Morgan fingerprint density at radius 2 is 2.20 bits per heavy atom. The molecule has 2 rings (SSSR count). The molecule has 6 heteroatoms. The first-order chi connectivity index (χ1) is 9.60. The fourth-order valence-electron chi connectivity index (χ4n) is 1.64. The highest BCUT2D eigenvalue weighted by Crippen LogP contribution is 2.15. The van der Waals surface area contributed by atoms with Crippen molar-refractivity contribution in [1.82, 2.24) is 10.3 Å². The Morgan fingerprint density at radius 3 is 2.90 bits per heavy atom. The van der Waals surface area contributed by atoms with Crippen LogP contribution < -0.4 is 10.1 Å². The molecule has 2 aromatic rings. The molecule has 0 aliphatic rings. The predicted octanol–water partition coefficient (Wildman–Crippen LogP) is 1.86. The van der Waals surface area contributed by atoms with E-state index in [1.54, 1.807) is 18.3 Å². The van der Waals surface area contributed by atoms with Crippen molar-refractivity contribution >= 4 is 5.91 Å². The van der Waals surface area contributed by atoms with Crippen molar-refractivity contribution in [3.05, 3.63) is 53.5 Å². The Bertz CT molecular complexity index is 632. The molecule has 1 aromatic carbocycles. The maximum atomic E-state index is 13.5. The summed E-state index contributed by atoms with van der Waals surface area (Å²) < 4.78 is 18.5. The molecule has 0 aliphatic carbocycles. The van der Waals surface area contributed by atoms with Gasteiger partial charge in [-0.05, 0) is 23.8 Å². The molecule has 5 nitrogen and oxygen atoms in total. The van der Waals surface area contributed by atoms with Crippen LogP contribution >= 0.6 is 0 Å². The first-order valence-corrected chi connectivity index (χ1v) is 5.86. The molecule has 1 heterocycles. The van der Waals surface area contributed by atoms with Crippen LogP contribution in [0.5, 0.6) is 11.6 Å². The van der Waals surface area contributed by atoms with Crippen LogP contribution in [0.2, 0.25) is 0 Å². The SMILES string of the molecule is COc1cc(CNC(=O)c2ccc(O)cc2F)ccn1. The Morgan fingerprint density at radius 1 is 1.40 bits per heavy atom. The molecule has 0 saturated heterocycles. The summed E-state index contributed by atoms with van der Waals surface area (Å²) in [7, 11) is 1.50. The summed E-state index contributed by atoms with van der Waals surface area (Å²) in [6.07, 6.45) is 1.56. The van der Waals surface area contributed by atoms with Crippen LogP contribution in [0.15, 0.2) is 36.5 Å². The predicted molar refractivity (Wildman–Crippen MR) is 70.0 cm³/mol. The number of nitrogens with zero attached hydrogens (tertiary/aromatic N) is 1. The molecular formula is C14H13FN2O3. The second-order valence-corrected chi connectivity index (χ2v) is 4.05. The Kier molecular flexibility index (Phi) is 4.14. The van der Waals surface area contributed by atoms with E-state index in [-0.39, 0.29) is 17.9 Å². The zero-order valence-electron chi connectivity index (χ0n) is 10.8. The number of carbonyl (C=O) groups is 1. The minimum Gasteiger partial charge on any atom is -0.508 e. The van der Waals surface area contributed by atoms with Gasteiger partial charge in [0, 0.05) is 24.9 Å². The molecule has 0 fully saturated rings. The number of hydrogen-bond acceptors (Lipinski definition) is 4. The maximum absolute atomic E-state index is 13.5. The van der Waals surface area contributed by atoms with Crippen molar-refractivity contribution in [2.45, 2.75) is 6.54 Å². The van der Waals surface area contributed by atoms with Crippen LogP contribution in [0.4, 0.5) is 4.39 Å². The number of amides is 1. The van der Waals surface area contributed by atoms with Gasteiger partial charge in [-0.25, -0.2) is 9.37 Å². The number of methoxy groups -OCH3 is 1. The Hall–Kier alpha value is -2.63. The molecule has 104 valence electrons. The second kappa shape index (κ2) is 6.01. The van der Waals surface area contributed by atoms with Gasteiger partial charge in [0.1, 0.15) is 11.6 Å². The van der Waals surface area contributed by atoms with Crippen LogP contribution in [-0.2, 0) is 6.54 Å². The number of hydrogen-bond donors (Lipinski definition) is 2. The van der Waals surface area contributed by atoms with Crippen LogP contribution in [0.1, 0.15) is 15.9 Å². The van der Waals surface area contributed by atoms with Crippen molar-refractivity contribution in [2.75, 3.05) is 7.11 Å². The summed E-state index contributed by atoms with van der Waals surface area (Å²) >= 11 is 0. The van der Waals surface area contributed by atoms with E-state index in [9.17, 15) is 9.18 Å². The molecule has 0 unspecified atom stereocenters. The number of nitrogens with one attached hydrogen (secondary N) is 1. The third kappa shape index (κ3) is 3.23. The lowest BCUT2D eigenvalue weighted by atomic mass is 10.2. The fourth-order valence-corrected chi connectivity index (χ4v) is 1.64. The number of aromatic nitrogens is 1. The van der Waals surface area contributed by atoms with E-state index in [0.717, 1.165) is 11.6 Å². The summed E-state index contributed by atoms with van der Waals surface area (Å²) in [5.74, 6) is -1.11. The first kappa shape index (κ1) is 13.8. The lowest BCUT2D eigenvalue weighted by Crippen LogP contribution is -2.23. The smallest absolute Gasteiger partial charge is 0.254 e. The van der Waals surface area contributed by atoms with Crippen molar-refractivity contribution in [3.8, 4) is 11.6 Å². The van der Waals surface area contributed by atoms with Gasteiger partial charge >= 0.3 is 0 Å². The van der Waals surface area contributed by atoms with Gasteiger partial charge in [0.15, 0.2) is 0 Å². The van der Waals surface area contributed by atoms with E-state index < -0.39 is 11.7 Å². The van der Waals surface area contributed by atoms with Crippen LogP contribution in [-0.4, -0.2) is 23.1 Å². The number of rotatable bonds is 4. The minimum atomic E-state index is -0.769. The van der Waals surface area contributed by atoms with Gasteiger partial charge < -0.3 is 15.2 Å². The fraction of sp³-hybridized carbons (Fsp3) is 0.143. The summed E-state index contributed by atoms with van der Waals surface area (Å²) in [4.78, 5) is 15.8. The van der Waals surface area contributed by atoms with E-state index in [1.807, 2.05) is 0 Å². The average molecular weight is 276 g/mol. The third-order valence-corrected chi connectivity index (χ3v) is 2.66. The molecule has 2 N–H and O–H groups in total. The van der Waals surface area contributed by atoms with Crippen molar-refractivity contribution in [3.63, 3.8) is 0 Å². The number of benzene rings is 1. The monoisotopic (exact) mass is 276 g/mol. The van der Waals surface area contributed by atoms with Crippen molar-refractivity contribution in [1.29, 1.82) is 0 Å². The summed E-state index contributed by atoms with van der Waals surface area (Å²) in [5.41, 5.74) is 0.660. The molecule has 0 spiro atoms.